The van der Waals surface area contributed by atoms with Gasteiger partial charge in [0.15, 0.2) is 5.76 Å². The van der Waals surface area contributed by atoms with E-state index in [2.05, 4.69) is 21.2 Å². The highest BCUT2D eigenvalue weighted by Crippen LogP contribution is 2.18. The Morgan fingerprint density at radius 3 is 2.64 bits per heavy atom. The first-order valence-corrected chi connectivity index (χ1v) is 8.28. The van der Waals surface area contributed by atoms with Gasteiger partial charge in [0.1, 0.15) is 6.61 Å². The summed E-state index contributed by atoms with van der Waals surface area (Å²) >= 11 is 3.41. The number of halogens is 1. The zero-order valence-corrected chi connectivity index (χ0v) is 14.7. The molecule has 0 spiro atoms. The number of nitrogens with one attached hydrogen (secondary N) is 1. The van der Waals surface area contributed by atoms with Gasteiger partial charge in [-0.2, -0.15) is 0 Å². The molecule has 0 radical (unpaired) electrons. The zero-order valence-electron chi connectivity index (χ0n) is 13.1. The number of hydrogen-bond donors (Lipinski definition) is 1. The number of carbonyl (C=O) groups excluding carboxylic acids is 2. The van der Waals surface area contributed by atoms with E-state index in [1.165, 1.54) is 6.26 Å². The second kappa shape index (κ2) is 7.81. The van der Waals surface area contributed by atoms with Crippen molar-refractivity contribution >= 4 is 33.5 Å². The predicted octanol–water partition coefficient (Wildman–Crippen LogP) is 4.65. The van der Waals surface area contributed by atoms with Crippen LogP contribution in [0.4, 0.5) is 5.69 Å². The lowest BCUT2D eigenvalue weighted by Crippen LogP contribution is -2.12. The molecule has 3 aromatic rings. The lowest BCUT2D eigenvalue weighted by atomic mass is 10.2. The number of furan rings is 1. The van der Waals surface area contributed by atoms with Crippen LogP contribution in [-0.2, 0) is 11.3 Å². The number of carbonyl (C=O) groups is 2. The summed E-state index contributed by atoms with van der Waals surface area (Å²) in [6.45, 7) is 0.156. The quantitative estimate of drug-likeness (QED) is 0.633. The fourth-order valence-electron chi connectivity index (χ4n) is 2.17. The van der Waals surface area contributed by atoms with Gasteiger partial charge in [-0.1, -0.05) is 40.2 Å². The molecule has 25 heavy (non-hydrogen) atoms. The van der Waals surface area contributed by atoms with Gasteiger partial charge in [-0.05, 0) is 36.4 Å². The van der Waals surface area contributed by atoms with Crippen molar-refractivity contribution in [3.8, 4) is 0 Å². The molecular formula is C19H14BrNO4. The van der Waals surface area contributed by atoms with Crippen LogP contribution in [0.15, 0.2) is 75.8 Å². The molecule has 1 amide bonds. The molecular weight excluding hydrogens is 386 g/mol. The Labute approximate surface area is 152 Å². The predicted molar refractivity (Wildman–Crippen MR) is 96.4 cm³/mol. The minimum Gasteiger partial charge on any atom is -0.459 e. The number of ether oxygens (including phenoxy) is 1. The number of benzene rings is 2. The van der Waals surface area contributed by atoms with Crippen LogP contribution in [0, 0.1) is 0 Å². The molecule has 5 nitrogen and oxygen atoms in total. The maximum atomic E-state index is 12.2. The van der Waals surface area contributed by atoms with Crippen LogP contribution in [0.5, 0.6) is 0 Å². The molecule has 0 aliphatic heterocycles. The highest BCUT2D eigenvalue weighted by Gasteiger charge is 2.12. The summed E-state index contributed by atoms with van der Waals surface area (Å²) in [7, 11) is 0. The minimum atomic E-state index is -0.468. The van der Waals surface area contributed by atoms with Crippen molar-refractivity contribution in [1.29, 1.82) is 0 Å². The lowest BCUT2D eigenvalue weighted by molar-refractivity contribution is 0.0472. The summed E-state index contributed by atoms with van der Waals surface area (Å²) in [6.07, 6.45) is 1.42. The standard InChI is InChI=1S/C19H14BrNO4/c20-16-8-2-1-5-14(16)12-25-19(23)13-6-3-7-15(11-13)21-18(22)17-9-4-10-24-17/h1-11H,12H2,(H,21,22). The first-order chi connectivity index (χ1) is 12.1. The first-order valence-electron chi connectivity index (χ1n) is 7.49. The van der Waals surface area contributed by atoms with Crippen LogP contribution in [0.3, 0.4) is 0 Å². The summed E-state index contributed by atoms with van der Waals surface area (Å²) in [5.41, 5.74) is 1.71. The summed E-state index contributed by atoms with van der Waals surface area (Å²) < 4.78 is 11.2. The van der Waals surface area contributed by atoms with E-state index in [4.69, 9.17) is 9.15 Å². The van der Waals surface area contributed by atoms with Gasteiger partial charge >= 0.3 is 5.97 Å². The highest BCUT2D eigenvalue weighted by atomic mass is 79.9. The third-order valence-electron chi connectivity index (χ3n) is 3.42. The molecule has 0 saturated heterocycles. The summed E-state index contributed by atoms with van der Waals surface area (Å²) in [6, 6.07) is 17.3. The van der Waals surface area contributed by atoms with Crippen LogP contribution >= 0.6 is 15.9 Å². The SMILES string of the molecule is O=C(OCc1ccccc1Br)c1cccc(NC(=O)c2ccco2)c1. The van der Waals surface area contributed by atoms with E-state index in [-0.39, 0.29) is 18.3 Å². The second-order valence-corrected chi connectivity index (χ2v) is 6.03. The number of hydrogen-bond acceptors (Lipinski definition) is 4. The van der Waals surface area contributed by atoms with Crippen LogP contribution < -0.4 is 5.32 Å². The van der Waals surface area contributed by atoms with E-state index in [0.717, 1.165) is 10.0 Å². The van der Waals surface area contributed by atoms with Gasteiger partial charge in [0.25, 0.3) is 5.91 Å². The van der Waals surface area contributed by atoms with Crippen molar-refractivity contribution in [2.24, 2.45) is 0 Å². The fraction of sp³-hybridized carbons (Fsp3) is 0.0526. The van der Waals surface area contributed by atoms with Gasteiger partial charge in [-0.25, -0.2) is 4.79 Å². The van der Waals surface area contributed by atoms with Gasteiger partial charge in [0.05, 0.1) is 11.8 Å². The third-order valence-corrected chi connectivity index (χ3v) is 4.19. The van der Waals surface area contributed by atoms with Crippen molar-refractivity contribution < 1.29 is 18.7 Å². The molecule has 126 valence electrons. The Balaban J connectivity index is 1.65. The van der Waals surface area contributed by atoms with Gasteiger partial charge in [-0.15, -0.1) is 0 Å². The molecule has 6 heteroatoms. The van der Waals surface area contributed by atoms with Crippen LogP contribution in [-0.4, -0.2) is 11.9 Å². The van der Waals surface area contributed by atoms with Gasteiger partial charge < -0.3 is 14.5 Å². The Hall–Kier alpha value is -2.86. The molecule has 1 heterocycles. The molecule has 0 atom stereocenters. The molecule has 0 fully saturated rings. The number of amides is 1. The summed E-state index contributed by atoms with van der Waals surface area (Å²) in [5, 5.41) is 2.67. The minimum absolute atomic E-state index is 0.156. The largest absolute Gasteiger partial charge is 0.459 e. The van der Waals surface area contributed by atoms with E-state index in [1.54, 1.807) is 36.4 Å². The van der Waals surface area contributed by atoms with E-state index < -0.39 is 5.97 Å². The van der Waals surface area contributed by atoms with Crippen molar-refractivity contribution in [3.05, 3.63) is 88.3 Å². The van der Waals surface area contributed by atoms with Crippen molar-refractivity contribution in [3.63, 3.8) is 0 Å². The van der Waals surface area contributed by atoms with E-state index in [1.807, 2.05) is 24.3 Å². The van der Waals surface area contributed by atoms with Crippen LogP contribution in [0.1, 0.15) is 26.5 Å². The number of rotatable bonds is 5. The smallest absolute Gasteiger partial charge is 0.338 e. The first kappa shape index (κ1) is 17.0. The van der Waals surface area contributed by atoms with Crippen molar-refractivity contribution in [1.82, 2.24) is 0 Å². The molecule has 0 saturated carbocycles. The molecule has 0 unspecified atom stereocenters. The Kier molecular flexibility index (Phi) is 5.30. The van der Waals surface area contributed by atoms with E-state index in [9.17, 15) is 9.59 Å². The lowest BCUT2D eigenvalue weighted by Gasteiger charge is -2.08. The van der Waals surface area contributed by atoms with Crippen molar-refractivity contribution in [2.75, 3.05) is 5.32 Å². The number of esters is 1. The molecule has 1 N–H and O–H groups in total. The molecule has 0 bridgehead atoms. The van der Waals surface area contributed by atoms with Crippen LogP contribution in [0.2, 0.25) is 0 Å². The molecule has 0 aliphatic rings. The highest BCUT2D eigenvalue weighted by molar-refractivity contribution is 9.10. The normalized spacial score (nSPS) is 10.3. The maximum absolute atomic E-state index is 12.2. The van der Waals surface area contributed by atoms with E-state index >= 15 is 0 Å². The van der Waals surface area contributed by atoms with Gasteiger partial charge in [0, 0.05) is 15.7 Å². The van der Waals surface area contributed by atoms with Crippen LogP contribution in [0.25, 0.3) is 0 Å². The molecule has 2 aromatic carbocycles. The molecule has 1 aromatic heterocycles. The van der Waals surface area contributed by atoms with E-state index in [0.29, 0.717) is 11.3 Å². The molecule has 0 aliphatic carbocycles. The molecule has 3 rings (SSSR count). The van der Waals surface area contributed by atoms with Crippen molar-refractivity contribution in [2.45, 2.75) is 6.61 Å². The zero-order chi connectivity index (χ0) is 17.6. The Morgan fingerprint density at radius 2 is 1.88 bits per heavy atom. The third kappa shape index (κ3) is 4.36. The average Bonchev–Trinajstić information content (AvgIpc) is 3.16. The fourth-order valence-corrected chi connectivity index (χ4v) is 2.57. The van der Waals surface area contributed by atoms with Gasteiger partial charge in [0.2, 0.25) is 0 Å². The summed E-state index contributed by atoms with van der Waals surface area (Å²) in [5.74, 6) is -0.657. The Morgan fingerprint density at radius 1 is 1.04 bits per heavy atom. The topological polar surface area (TPSA) is 68.5 Å². The second-order valence-electron chi connectivity index (χ2n) is 5.18. The maximum Gasteiger partial charge on any atom is 0.338 e. The van der Waals surface area contributed by atoms with Gasteiger partial charge in [-0.3, -0.25) is 4.79 Å². The average molecular weight is 400 g/mol. The monoisotopic (exact) mass is 399 g/mol. The number of anilines is 1. The summed E-state index contributed by atoms with van der Waals surface area (Å²) in [4.78, 5) is 24.2. The Bertz CT molecular complexity index is 890.